The topological polar surface area (TPSA) is 680 Å². The molecule has 12 aliphatic carbocycles. The molecule has 44 heteroatoms. The third-order valence-electron chi connectivity index (χ3n) is 30.4. The van der Waals surface area contributed by atoms with Crippen LogP contribution in [0.3, 0.4) is 0 Å². The molecule has 0 saturated heterocycles. The van der Waals surface area contributed by atoms with Crippen molar-refractivity contribution >= 4 is 102 Å². The zero-order chi connectivity index (χ0) is 87.6. The summed E-state index contributed by atoms with van der Waals surface area (Å²) >= 11 is 0. The van der Waals surface area contributed by atoms with Gasteiger partial charge in [0.15, 0.2) is 63.0 Å². The molecule has 0 aliphatic heterocycles. The minimum absolute atomic E-state index is 0. The van der Waals surface area contributed by atoms with E-state index in [4.69, 9.17) is 22.9 Å². The molecule has 27 atom stereocenters. The van der Waals surface area contributed by atoms with Crippen LogP contribution in [0.1, 0.15) is 119 Å². The monoisotopic (exact) mass is 1730 g/mol. The zero-order valence-corrected chi connectivity index (χ0v) is 69.2. The number of aliphatic hydroxyl groups excluding tert-OH is 15. The average Bonchev–Trinajstić information content (AvgIpc) is 1.51. The molecule has 0 aromatic carbocycles. The van der Waals surface area contributed by atoms with Crippen LogP contribution < -0.4 is 33.6 Å². The number of nitrogens with one attached hydrogen (secondary N) is 2. The number of nitrogens with zero attached hydrogens (tertiary/aromatic N) is 23. The van der Waals surface area contributed by atoms with Gasteiger partial charge in [0.25, 0.3) is 0 Å². The van der Waals surface area contributed by atoms with E-state index in [9.17, 15) is 76.6 Å². The second-order valence-electron chi connectivity index (χ2n) is 36.3. The van der Waals surface area contributed by atoms with Crippen molar-refractivity contribution in [2.24, 2.45) is 69.0 Å². The van der Waals surface area contributed by atoms with Gasteiger partial charge in [0.1, 0.15) is 80.5 Å². The Morgan fingerprint density at radius 2 is 0.704 bits per heavy atom. The molecule has 27 unspecified atom stereocenters. The van der Waals surface area contributed by atoms with Gasteiger partial charge in [-0.05, 0) is 134 Å². The van der Waals surface area contributed by atoms with Crippen molar-refractivity contribution in [3.05, 3.63) is 79.3 Å². The highest BCUT2D eigenvalue weighted by Gasteiger charge is 2.75. The molecule has 668 valence electrons. The number of pyridine rings is 1. The number of hydrogen-bond acceptors (Lipinski definition) is 38. The maximum Gasteiger partial charge on any atom is 0.166 e. The number of imidazole rings is 6. The summed E-state index contributed by atoms with van der Waals surface area (Å²) in [4.78, 5) is 73.1. The predicted molar refractivity (Wildman–Crippen MR) is 449 cm³/mol. The average molecular weight is 1730 g/mol. The van der Waals surface area contributed by atoms with Crippen LogP contribution in [0.2, 0.25) is 0 Å². The van der Waals surface area contributed by atoms with E-state index in [1.165, 1.54) is 0 Å². The Labute approximate surface area is 713 Å². The van der Waals surface area contributed by atoms with Gasteiger partial charge in [-0.2, -0.15) is 0 Å². The van der Waals surface area contributed by atoms with Crippen molar-refractivity contribution in [3.63, 3.8) is 0 Å². The SMILES string of the molecule is C.CNc1ccnc2c1ncn2C1CC(O)C2(CO)CC12.CNc1nc(C)nc2c1ncn2C1CC(O)C2(CO)CC12.Cc1nc(N)c2ncn(C34CC3C(CO)C(O)C4O)c2n1.Cc1nc(N)c2ncn(C34CC3C(CO)C(O)C4O)c2n1.Cc1nc(N)c2ncn(C3C(O)C(O)C4(CO)CC34)c2n1.Cc1nc(N)c2ncn(C3CC(O)C4(CO)CC34)c2n1. The van der Waals surface area contributed by atoms with Crippen LogP contribution >= 0.6 is 0 Å². The minimum Gasteiger partial charge on any atom is -0.396 e. The van der Waals surface area contributed by atoms with E-state index in [1.807, 2.05) is 42.5 Å². The molecule has 12 fully saturated rings. The molecule has 12 saturated carbocycles. The number of hydrogen-bond donors (Lipinski definition) is 21. The van der Waals surface area contributed by atoms with Crippen LogP contribution in [0.5, 0.6) is 0 Å². The number of aliphatic hydroxyl groups is 15. The van der Waals surface area contributed by atoms with Gasteiger partial charge in [0.05, 0.1) is 124 Å². The Kier molecular flexibility index (Phi) is 20.8. The van der Waals surface area contributed by atoms with Gasteiger partial charge >= 0.3 is 0 Å². The first-order valence-corrected chi connectivity index (χ1v) is 41.9. The Morgan fingerprint density at radius 3 is 1.07 bits per heavy atom. The van der Waals surface area contributed by atoms with Crippen molar-refractivity contribution in [3.8, 4) is 0 Å². The normalized spacial score (nSPS) is 36.2. The minimum atomic E-state index is -0.954. The Morgan fingerprint density at radius 1 is 0.360 bits per heavy atom. The van der Waals surface area contributed by atoms with Crippen LogP contribution in [0, 0.1) is 104 Å². The molecule has 12 aliphatic rings. The lowest BCUT2D eigenvalue weighted by Gasteiger charge is -2.24. The summed E-state index contributed by atoms with van der Waals surface area (Å²) in [5, 5.41) is 155. The largest absolute Gasteiger partial charge is 0.396 e. The summed E-state index contributed by atoms with van der Waals surface area (Å²) in [5.41, 5.74) is 29.4. The Hall–Kier alpha value is -10.4. The fraction of sp³-hybridized carbons (Fsp3) is 0.617. The lowest BCUT2D eigenvalue weighted by Crippen LogP contribution is -2.38. The van der Waals surface area contributed by atoms with E-state index in [-0.39, 0.29) is 123 Å². The summed E-state index contributed by atoms with van der Waals surface area (Å²) in [7, 11) is 3.68. The highest BCUT2D eigenvalue weighted by molar-refractivity contribution is 5.87. The van der Waals surface area contributed by atoms with Gasteiger partial charge in [0, 0.05) is 85.1 Å². The van der Waals surface area contributed by atoms with Crippen LogP contribution in [0.25, 0.3) is 67.0 Å². The zero-order valence-electron chi connectivity index (χ0n) is 69.2. The van der Waals surface area contributed by atoms with Gasteiger partial charge in [-0.25, -0.2) is 84.7 Å². The molecule has 125 heavy (non-hydrogen) atoms. The second kappa shape index (κ2) is 30.4. The fourth-order valence-electron chi connectivity index (χ4n) is 23.2. The molecular weight excluding hydrogens is 1620 g/mol. The molecule has 25 N–H and O–H groups in total. The maximum absolute atomic E-state index is 10.4. The summed E-state index contributed by atoms with van der Waals surface area (Å²) in [5.74, 6) is 5.23. The number of nitrogens with two attached hydrogens (primary N) is 4. The quantitative estimate of drug-likeness (QED) is 0.0587. The van der Waals surface area contributed by atoms with Gasteiger partial charge in [-0.1, -0.05) is 7.43 Å². The van der Waals surface area contributed by atoms with E-state index in [0.717, 1.165) is 53.1 Å². The smallest absolute Gasteiger partial charge is 0.166 e. The van der Waals surface area contributed by atoms with Crippen molar-refractivity contribution in [1.29, 1.82) is 0 Å². The fourth-order valence-corrected chi connectivity index (χ4v) is 23.2. The molecule has 44 nitrogen and oxygen atoms in total. The lowest BCUT2D eigenvalue weighted by atomic mass is 10.0. The van der Waals surface area contributed by atoms with Crippen LogP contribution in [0.4, 0.5) is 34.8 Å². The first kappa shape index (κ1) is 85.4. The molecule has 12 aromatic rings. The summed E-state index contributed by atoms with van der Waals surface area (Å²) < 4.78 is 11.4. The highest BCUT2D eigenvalue weighted by atomic mass is 16.4. The number of nitrogen functional groups attached to an aromatic ring is 4. The van der Waals surface area contributed by atoms with Crippen molar-refractivity contribution in [2.75, 3.05) is 87.3 Å². The number of aromatic nitrogens is 23. The van der Waals surface area contributed by atoms with E-state index >= 15 is 0 Å². The molecule has 12 heterocycles. The van der Waals surface area contributed by atoms with Crippen molar-refractivity contribution in [2.45, 2.75) is 190 Å². The lowest BCUT2D eigenvalue weighted by molar-refractivity contribution is -0.0300. The third kappa shape index (κ3) is 12.6. The Balaban J connectivity index is 0.000000102. The molecule has 0 spiro atoms. The number of anilines is 6. The van der Waals surface area contributed by atoms with E-state index in [0.29, 0.717) is 147 Å². The Bertz CT molecular complexity index is 6040. The van der Waals surface area contributed by atoms with Gasteiger partial charge in [0.2, 0.25) is 0 Å². The molecular formula is C81H109N29O15. The van der Waals surface area contributed by atoms with E-state index in [2.05, 4.69) is 99.9 Å². The molecule has 0 radical (unpaired) electrons. The van der Waals surface area contributed by atoms with Crippen molar-refractivity contribution in [1.82, 2.24) is 112 Å². The summed E-state index contributed by atoms with van der Waals surface area (Å²) in [6.07, 6.45) is 11.4. The van der Waals surface area contributed by atoms with Gasteiger partial charge in [-0.15, -0.1) is 0 Å². The molecule has 0 bridgehead atoms. The first-order chi connectivity index (χ1) is 59.4. The second-order valence-corrected chi connectivity index (χ2v) is 36.3. The van der Waals surface area contributed by atoms with Gasteiger partial charge in [-0.3, -0.25) is 0 Å². The molecule has 0 amide bonds. The number of rotatable bonds is 14. The summed E-state index contributed by atoms with van der Waals surface area (Å²) in [6.45, 7) is 8.62. The highest BCUT2D eigenvalue weighted by Crippen LogP contribution is 2.72. The first-order valence-electron chi connectivity index (χ1n) is 41.9. The van der Waals surface area contributed by atoms with Crippen molar-refractivity contribution < 1.29 is 76.6 Å². The number of fused-ring (bicyclic) bond motifs is 12. The third-order valence-corrected chi connectivity index (χ3v) is 30.4. The van der Waals surface area contributed by atoms with Crippen LogP contribution in [0.15, 0.2) is 50.2 Å². The predicted octanol–water partition coefficient (Wildman–Crippen LogP) is -1.54. The van der Waals surface area contributed by atoms with E-state index in [1.54, 1.807) is 79.2 Å². The molecule has 24 rings (SSSR count). The standard InChI is InChI=1S/C14H19N5O2.C14H18N4O2.3C13H17N5O3.C13H17N5O2.CH4/c1-7-17-12(15-2)11-13(18-7)19(6-16-11)9-3-10(21)14(5-20)4-8(9)14;1-15-9-2-3-16-13-12(9)17-7-18(13)10-4-11(20)14(6-19)5-8(10)14;2*1-5-16-11(14)8-12(17-5)18(4-15-8)13-2-7(13)6(3-19)9(20)10(13)21;1-5-16-11(14)7-12(17-5)18(4-15-7)8-6-2-13(6,3-19)10(21)9(8)20;1-6-16-11(14)10-12(17-6)18(5-15-10)8-2-9(20)13(4-19)3-7(8)13;/h6,8-10,20-21H,3-5H2,1-2H3,(H,15,17,18);2-3,7-8,10-11,19-20H,4-6H2,1H3,(H,15,16);2*4,6-7,9-10,19-21H,2-3H2,1H3,(H2,14,16,17);4,6,8-10,19-21H,2-3H2,1H3,(H2,14,16,17);5,7-9,19-20H,2-4H2,1H3,(H2,14,16,17);1H4. The summed E-state index contributed by atoms with van der Waals surface area (Å²) in [6, 6.07) is 2.00. The van der Waals surface area contributed by atoms with Gasteiger partial charge < -0.3 is 138 Å². The maximum atomic E-state index is 10.4. The molecule has 12 aromatic heterocycles. The number of aryl methyl sites for hydroxylation is 5. The van der Waals surface area contributed by atoms with E-state index < -0.39 is 71.4 Å². The van der Waals surface area contributed by atoms with Crippen LogP contribution in [-0.4, -0.2) is 297 Å². The van der Waals surface area contributed by atoms with Crippen LogP contribution in [-0.2, 0) is 11.1 Å².